The Morgan fingerprint density at radius 1 is 0.644 bits per heavy atom. The molecule has 4 rings (SSSR count). The summed E-state index contributed by atoms with van der Waals surface area (Å²) in [6.45, 7) is 0. The molecule has 0 heterocycles. The zero-order valence-electron chi connectivity index (χ0n) is 24.0. The number of nitriles is 2. The van der Waals surface area contributed by atoms with E-state index in [0.29, 0.717) is 33.4 Å². The summed E-state index contributed by atoms with van der Waals surface area (Å²) in [5, 5.41) is 17.8. The van der Waals surface area contributed by atoms with Crippen LogP contribution in [-0.4, -0.2) is 30.7 Å². The van der Waals surface area contributed by atoms with Crippen LogP contribution in [0.25, 0.3) is 12.2 Å². The Morgan fingerprint density at radius 2 is 1.02 bits per heavy atom. The lowest BCUT2D eigenvalue weighted by molar-refractivity contribution is 0.103. The predicted molar refractivity (Wildman–Crippen MR) is 166 cm³/mol. The van der Waals surface area contributed by atoms with E-state index in [0.717, 1.165) is 0 Å². The van der Waals surface area contributed by atoms with Crippen LogP contribution >= 0.6 is 7.82 Å². The SMILES string of the molecule is COc1cc(C=CC(=O)c2ccc(C#N)cc2)ccc1OP(=O)(O)Oc1ccc(C=CC(=O)c2ccc(C#N)cc2)cc1OC. The second-order valence-electron chi connectivity index (χ2n) is 9.25. The van der Waals surface area contributed by atoms with Gasteiger partial charge in [0.05, 0.1) is 37.5 Å². The number of hydrogen-bond acceptors (Lipinski definition) is 9. The van der Waals surface area contributed by atoms with Gasteiger partial charge in [0, 0.05) is 11.1 Å². The van der Waals surface area contributed by atoms with Gasteiger partial charge in [-0.25, -0.2) is 4.57 Å². The molecule has 0 aliphatic carbocycles. The van der Waals surface area contributed by atoms with Crippen LogP contribution in [-0.2, 0) is 4.57 Å². The second kappa shape index (κ2) is 14.5. The van der Waals surface area contributed by atoms with Crippen molar-refractivity contribution < 1.29 is 37.6 Å². The van der Waals surface area contributed by atoms with Gasteiger partial charge >= 0.3 is 7.82 Å². The Hall–Kier alpha value is -5.93. The number of ketones is 2. The summed E-state index contributed by atoms with van der Waals surface area (Å²) < 4.78 is 34.1. The van der Waals surface area contributed by atoms with Crippen molar-refractivity contribution in [2.24, 2.45) is 0 Å². The van der Waals surface area contributed by atoms with Crippen LogP contribution in [0.4, 0.5) is 0 Å². The zero-order valence-corrected chi connectivity index (χ0v) is 24.9. The number of nitrogens with zero attached hydrogens (tertiary/aromatic N) is 2. The van der Waals surface area contributed by atoms with Crippen LogP contribution in [0.1, 0.15) is 43.0 Å². The first-order valence-corrected chi connectivity index (χ1v) is 14.7. The molecule has 10 nitrogen and oxygen atoms in total. The number of phosphoric ester groups is 1. The molecule has 11 heteroatoms. The first-order valence-electron chi connectivity index (χ1n) is 13.2. The van der Waals surface area contributed by atoms with E-state index in [4.69, 9.17) is 29.0 Å². The number of hydrogen-bond donors (Lipinski definition) is 1. The molecule has 0 radical (unpaired) electrons. The van der Waals surface area contributed by atoms with Crippen molar-refractivity contribution in [3.8, 4) is 35.1 Å². The average molecular weight is 621 g/mol. The van der Waals surface area contributed by atoms with Crippen molar-refractivity contribution >= 4 is 31.5 Å². The summed E-state index contributed by atoms with van der Waals surface area (Å²) in [5.41, 5.74) is 2.81. The van der Waals surface area contributed by atoms with E-state index in [-0.39, 0.29) is 34.6 Å². The quantitative estimate of drug-likeness (QED) is 0.102. The van der Waals surface area contributed by atoms with Gasteiger partial charge in [-0.15, -0.1) is 0 Å². The van der Waals surface area contributed by atoms with Gasteiger partial charge in [0.1, 0.15) is 0 Å². The topological polar surface area (TPSA) is 156 Å². The first-order chi connectivity index (χ1) is 21.6. The number of allylic oxidation sites excluding steroid dienone is 2. The molecule has 4 aromatic carbocycles. The summed E-state index contributed by atoms with van der Waals surface area (Å²) in [5.74, 6) is -0.501. The fourth-order valence-electron chi connectivity index (χ4n) is 3.95. The van der Waals surface area contributed by atoms with Crippen molar-refractivity contribution in [3.63, 3.8) is 0 Å². The van der Waals surface area contributed by atoms with Gasteiger partial charge in [-0.05, 0) is 96.1 Å². The summed E-state index contributed by atoms with van der Waals surface area (Å²) in [7, 11) is -2.05. The number of phosphoric acid groups is 1. The third kappa shape index (κ3) is 8.56. The molecular formula is C34H25N2O8P. The largest absolute Gasteiger partial charge is 0.585 e. The molecule has 0 saturated heterocycles. The smallest absolute Gasteiger partial charge is 0.493 e. The Bertz CT molecular complexity index is 1780. The fourth-order valence-corrected chi connectivity index (χ4v) is 4.78. The molecule has 0 aliphatic heterocycles. The number of carbonyl (C=O) groups excluding carboxylic acids is 2. The van der Waals surface area contributed by atoms with Crippen LogP contribution in [0.3, 0.4) is 0 Å². The lowest BCUT2D eigenvalue weighted by Crippen LogP contribution is -2.02. The highest BCUT2D eigenvalue weighted by Gasteiger charge is 2.28. The van der Waals surface area contributed by atoms with E-state index in [2.05, 4.69) is 0 Å². The van der Waals surface area contributed by atoms with Crippen molar-refractivity contribution in [1.82, 2.24) is 0 Å². The highest BCUT2D eigenvalue weighted by molar-refractivity contribution is 7.48. The maximum absolute atomic E-state index is 12.9. The second-order valence-corrected chi connectivity index (χ2v) is 10.5. The summed E-state index contributed by atoms with van der Waals surface area (Å²) in [6, 6.07) is 25.4. The Morgan fingerprint density at radius 3 is 1.36 bits per heavy atom. The molecule has 0 fully saturated rings. The molecule has 224 valence electrons. The monoisotopic (exact) mass is 620 g/mol. The standard InChI is InChI=1S/C34H25N2O8P/c1-41-33-19-23(7-15-29(37)27-11-3-25(21-35)4-12-27)9-17-31(33)43-45(39,40)44-32-18-10-24(20-34(32)42-2)8-16-30(38)28-13-5-26(22-36)6-14-28/h3-20H,1-2H3,(H,39,40). The Kier molecular flexibility index (Phi) is 10.3. The molecule has 0 spiro atoms. The molecule has 0 bridgehead atoms. The van der Waals surface area contributed by atoms with E-state index in [1.165, 1.54) is 50.6 Å². The van der Waals surface area contributed by atoms with Crippen LogP contribution in [0.5, 0.6) is 23.0 Å². The third-order valence-corrected chi connectivity index (χ3v) is 7.11. The minimum atomic E-state index is -4.75. The number of ether oxygens (including phenoxy) is 2. The number of benzene rings is 4. The van der Waals surface area contributed by atoms with Crippen molar-refractivity contribution in [2.45, 2.75) is 0 Å². The lowest BCUT2D eigenvalue weighted by Gasteiger charge is -2.17. The Labute approximate surface area is 259 Å². The highest BCUT2D eigenvalue weighted by atomic mass is 31.2. The van der Waals surface area contributed by atoms with E-state index < -0.39 is 7.82 Å². The molecule has 0 aliphatic rings. The van der Waals surface area contributed by atoms with Crippen LogP contribution in [0, 0.1) is 22.7 Å². The average Bonchev–Trinajstić information content (AvgIpc) is 3.06. The molecule has 0 aromatic heterocycles. The minimum absolute atomic E-state index is 0.0845. The van der Waals surface area contributed by atoms with E-state index in [9.17, 15) is 19.0 Å². The number of rotatable bonds is 12. The predicted octanol–water partition coefficient (Wildman–Crippen LogP) is 6.80. The van der Waals surface area contributed by atoms with Gasteiger partial charge in [-0.1, -0.05) is 24.3 Å². The summed E-state index contributed by atoms with van der Waals surface area (Å²) in [6.07, 6.45) is 5.79. The molecule has 0 saturated carbocycles. The summed E-state index contributed by atoms with van der Waals surface area (Å²) >= 11 is 0. The van der Waals surface area contributed by atoms with Gasteiger partial charge in [-0.2, -0.15) is 10.5 Å². The lowest BCUT2D eigenvalue weighted by atomic mass is 10.1. The van der Waals surface area contributed by atoms with Crippen molar-refractivity contribution in [2.75, 3.05) is 14.2 Å². The maximum Gasteiger partial charge on any atom is 0.585 e. The van der Waals surface area contributed by atoms with Gasteiger partial charge in [0.15, 0.2) is 34.6 Å². The Balaban J connectivity index is 1.44. The third-order valence-electron chi connectivity index (χ3n) is 6.25. The molecule has 0 atom stereocenters. The summed E-state index contributed by atoms with van der Waals surface area (Å²) in [4.78, 5) is 35.5. The molecular weight excluding hydrogens is 595 g/mol. The van der Waals surface area contributed by atoms with E-state index in [1.54, 1.807) is 72.8 Å². The number of methoxy groups -OCH3 is 2. The van der Waals surface area contributed by atoms with E-state index in [1.807, 2.05) is 12.1 Å². The molecule has 0 unspecified atom stereocenters. The normalized spacial score (nSPS) is 12.1. The van der Waals surface area contributed by atoms with Gasteiger partial charge in [0.25, 0.3) is 0 Å². The fraction of sp³-hybridized carbons (Fsp3) is 0.0588. The molecule has 1 N–H and O–H groups in total. The molecule has 4 aromatic rings. The zero-order chi connectivity index (χ0) is 32.4. The van der Waals surface area contributed by atoms with Crippen LogP contribution in [0.2, 0.25) is 0 Å². The van der Waals surface area contributed by atoms with Crippen LogP contribution in [0.15, 0.2) is 97.1 Å². The highest BCUT2D eigenvalue weighted by Crippen LogP contribution is 2.49. The number of carbonyl (C=O) groups is 2. The maximum atomic E-state index is 12.9. The van der Waals surface area contributed by atoms with Crippen molar-refractivity contribution in [1.29, 1.82) is 10.5 Å². The minimum Gasteiger partial charge on any atom is -0.493 e. The van der Waals surface area contributed by atoms with Gasteiger partial charge < -0.3 is 18.5 Å². The van der Waals surface area contributed by atoms with Crippen molar-refractivity contribution in [3.05, 3.63) is 130 Å². The van der Waals surface area contributed by atoms with Crippen LogP contribution < -0.4 is 18.5 Å². The van der Waals surface area contributed by atoms with E-state index >= 15 is 0 Å². The molecule has 45 heavy (non-hydrogen) atoms. The first kappa shape index (κ1) is 32.0. The van der Waals surface area contributed by atoms with Gasteiger partial charge in [0.2, 0.25) is 0 Å². The molecule has 0 amide bonds. The van der Waals surface area contributed by atoms with Gasteiger partial charge in [-0.3, -0.25) is 14.5 Å².